The van der Waals surface area contributed by atoms with E-state index in [-0.39, 0.29) is 0 Å². The molecule has 0 N–H and O–H groups in total. The highest BCUT2D eigenvalue weighted by atomic mass is 15.0. The zero-order valence-electron chi connectivity index (χ0n) is 18.6. The van der Waals surface area contributed by atoms with Gasteiger partial charge in [0.2, 0.25) is 0 Å². The predicted octanol–water partition coefficient (Wildman–Crippen LogP) is 8.66. The third-order valence-electron chi connectivity index (χ3n) is 7.56. The van der Waals surface area contributed by atoms with Gasteiger partial charge in [0, 0.05) is 21.8 Å². The van der Waals surface area contributed by atoms with Crippen LogP contribution in [0, 0.1) is 0 Å². The van der Waals surface area contributed by atoms with Crippen molar-refractivity contribution in [3.8, 4) is 16.8 Å². The largest absolute Gasteiger partial charge is 0.309 e. The van der Waals surface area contributed by atoms with Gasteiger partial charge in [0.25, 0.3) is 0 Å². The standard InChI is InChI=1S/C33H21N/c1-2-11-23(12-3-1)34-31-19-22-18-21-10-4-5-13-24(21)29(22)20-30(31)32-27-16-8-6-14-25(27)26-15-7-9-17-28(26)33(32)34/h1-17,19-20H,18H2. The number of para-hydroxylation sites is 1. The van der Waals surface area contributed by atoms with Crippen molar-refractivity contribution in [2.75, 3.05) is 0 Å². The molecule has 7 aromatic rings. The smallest absolute Gasteiger partial charge is 0.0625 e. The molecule has 1 aliphatic rings. The Labute approximate surface area is 197 Å². The maximum atomic E-state index is 2.49. The molecule has 0 bridgehead atoms. The van der Waals surface area contributed by atoms with Gasteiger partial charge in [0.15, 0.2) is 0 Å². The minimum absolute atomic E-state index is 0.999. The van der Waals surface area contributed by atoms with Crippen LogP contribution < -0.4 is 0 Å². The van der Waals surface area contributed by atoms with Gasteiger partial charge in [-0.2, -0.15) is 0 Å². The quantitative estimate of drug-likeness (QED) is 0.229. The molecule has 34 heavy (non-hydrogen) atoms. The summed E-state index contributed by atoms with van der Waals surface area (Å²) in [6.07, 6.45) is 0.999. The molecule has 0 amide bonds. The second kappa shape index (κ2) is 6.59. The zero-order chi connectivity index (χ0) is 22.2. The Kier molecular flexibility index (Phi) is 3.51. The fraction of sp³-hybridized carbons (Fsp3) is 0.0303. The van der Waals surface area contributed by atoms with E-state index in [1.165, 1.54) is 71.3 Å². The molecule has 8 rings (SSSR count). The molecule has 1 aliphatic carbocycles. The van der Waals surface area contributed by atoms with Crippen molar-refractivity contribution in [3.05, 3.63) is 126 Å². The van der Waals surface area contributed by atoms with E-state index < -0.39 is 0 Å². The molecule has 0 spiro atoms. The Morgan fingerprint density at radius 3 is 1.94 bits per heavy atom. The first kappa shape index (κ1) is 18.1. The van der Waals surface area contributed by atoms with Gasteiger partial charge in [0.1, 0.15) is 0 Å². The van der Waals surface area contributed by atoms with E-state index in [1.807, 2.05) is 0 Å². The molecule has 1 aromatic heterocycles. The summed E-state index contributed by atoms with van der Waals surface area (Å²) in [6, 6.07) is 42.4. The molecule has 158 valence electrons. The normalized spacial score (nSPS) is 12.6. The molecule has 0 unspecified atom stereocenters. The van der Waals surface area contributed by atoms with Crippen LogP contribution in [0.5, 0.6) is 0 Å². The molecule has 0 saturated carbocycles. The Bertz CT molecular complexity index is 1920. The van der Waals surface area contributed by atoms with Crippen molar-refractivity contribution in [1.29, 1.82) is 0 Å². The van der Waals surface area contributed by atoms with Crippen LogP contribution in [0.4, 0.5) is 0 Å². The van der Waals surface area contributed by atoms with Crippen LogP contribution in [-0.4, -0.2) is 4.57 Å². The van der Waals surface area contributed by atoms with E-state index in [1.54, 1.807) is 0 Å². The Morgan fingerprint density at radius 1 is 0.471 bits per heavy atom. The molecule has 0 fully saturated rings. The van der Waals surface area contributed by atoms with Gasteiger partial charge in [-0.05, 0) is 69.1 Å². The van der Waals surface area contributed by atoms with Crippen LogP contribution in [0.25, 0.3) is 60.2 Å². The highest BCUT2D eigenvalue weighted by Crippen LogP contribution is 2.46. The van der Waals surface area contributed by atoms with Crippen LogP contribution in [0.15, 0.2) is 115 Å². The first-order valence-corrected chi connectivity index (χ1v) is 11.9. The number of fused-ring (bicyclic) bond motifs is 11. The summed E-state index contributed by atoms with van der Waals surface area (Å²) < 4.78 is 2.49. The van der Waals surface area contributed by atoms with Crippen LogP contribution in [0.3, 0.4) is 0 Å². The van der Waals surface area contributed by atoms with Crippen molar-refractivity contribution >= 4 is 43.4 Å². The monoisotopic (exact) mass is 431 g/mol. The summed E-state index contributed by atoms with van der Waals surface area (Å²) in [5.74, 6) is 0. The molecular formula is C33H21N. The van der Waals surface area contributed by atoms with Crippen LogP contribution >= 0.6 is 0 Å². The van der Waals surface area contributed by atoms with E-state index in [0.29, 0.717) is 0 Å². The predicted molar refractivity (Wildman–Crippen MR) is 144 cm³/mol. The van der Waals surface area contributed by atoms with E-state index in [2.05, 4.69) is 120 Å². The Morgan fingerprint density at radius 2 is 1.12 bits per heavy atom. The number of benzene rings is 6. The summed E-state index contributed by atoms with van der Waals surface area (Å²) >= 11 is 0. The lowest BCUT2D eigenvalue weighted by Crippen LogP contribution is -1.95. The van der Waals surface area contributed by atoms with Gasteiger partial charge in [0.05, 0.1) is 11.0 Å². The summed E-state index contributed by atoms with van der Waals surface area (Å²) in [4.78, 5) is 0. The van der Waals surface area contributed by atoms with E-state index in [9.17, 15) is 0 Å². The summed E-state index contributed by atoms with van der Waals surface area (Å²) in [6.45, 7) is 0. The number of aromatic nitrogens is 1. The van der Waals surface area contributed by atoms with Gasteiger partial charge in [-0.3, -0.25) is 0 Å². The molecule has 0 aliphatic heterocycles. The highest BCUT2D eigenvalue weighted by Gasteiger charge is 2.24. The third-order valence-corrected chi connectivity index (χ3v) is 7.56. The number of hydrogen-bond acceptors (Lipinski definition) is 0. The minimum atomic E-state index is 0.999. The molecule has 6 aromatic carbocycles. The molecule has 0 radical (unpaired) electrons. The Hall–Kier alpha value is -4.36. The summed E-state index contributed by atoms with van der Waals surface area (Å²) in [7, 11) is 0. The van der Waals surface area contributed by atoms with Crippen LogP contribution in [0.2, 0.25) is 0 Å². The van der Waals surface area contributed by atoms with Gasteiger partial charge in [-0.1, -0.05) is 91.0 Å². The van der Waals surface area contributed by atoms with Crippen molar-refractivity contribution in [3.63, 3.8) is 0 Å². The molecule has 0 saturated heterocycles. The average Bonchev–Trinajstić information content (AvgIpc) is 3.43. The lowest BCUT2D eigenvalue weighted by atomic mass is 9.95. The average molecular weight is 432 g/mol. The topological polar surface area (TPSA) is 4.93 Å². The maximum absolute atomic E-state index is 2.49. The first-order valence-electron chi connectivity index (χ1n) is 11.9. The van der Waals surface area contributed by atoms with Crippen molar-refractivity contribution in [1.82, 2.24) is 4.57 Å². The molecule has 1 heterocycles. The van der Waals surface area contributed by atoms with E-state index in [0.717, 1.165) is 6.42 Å². The number of nitrogens with zero attached hydrogens (tertiary/aromatic N) is 1. The second-order valence-electron chi connectivity index (χ2n) is 9.35. The van der Waals surface area contributed by atoms with Crippen molar-refractivity contribution in [2.24, 2.45) is 0 Å². The number of hydrogen-bond donors (Lipinski definition) is 0. The fourth-order valence-corrected chi connectivity index (χ4v) is 6.15. The van der Waals surface area contributed by atoms with E-state index in [4.69, 9.17) is 0 Å². The van der Waals surface area contributed by atoms with E-state index >= 15 is 0 Å². The molecule has 1 nitrogen and oxygen atoms in total. The lowest BCUT2D eigenvalue weighted by Gasteiger charge is -2.12. The van der Waals surface area contributed by atoms with Gasteiger partial charge in [-0.15, -0.1) is 0 Å². The zero-order valence-corrected chi connectivity index (χ0v) is 18.6. The second-order valence-corrected chi connectivity index (χ2v) is 9.35. The maximum Gasteiger partial charge on any atom is 0.0625 e. The summed E-state index contributed by atoms with van der Waals surface area (Å²) in [5, 5.41) is 7.93. The lowest BCUT2D eigenvalue weighted by molar-refractivity contribution is 1.18. The van der Waals surface area contributed by atoms with Crippen molar-refractivity contribution in [2.45, 2.75) is 6.42 Å². The van der Waals surface area contributed by atoms with Crippen molar-refractivity contribution < 1.29 is 0 Å². The van der Waals surface area contributed by atoms with Crippen LogP contribution in [0.1, 0.15) is 11.1 Å². The fourth-order valence-electron chi connectivity index (χ4n) is 6.15. The highest BCUT2D eigenvalue weighted by molar-refractivity contribution is 6.32. The molecule has 1 heteroatoms. The van der Waals surface area contributed by atoms with Gasteiger partial charge < -0.3 is 4.57 Å². The van der Waals surface area contributed by atoms with Crippen LogP contribution in [-0.2, 0) is 6.42 Å². The molecule has 0 atom stereocenters. The van der Waals surface area contributed by atoms with Gasteiger partial charge >= 0.3 is 0 Å². The number of rotatable bonds is 1. The molecular weight excluding hydrogens is 410 g/mol. The Balaban J connectivity index is 1.67. The third kappa shape index (κ3) is 2.29. The SMILES string of the molecule is c1ccc(-n2c3cc4c(cc3c3c5ccccc5c5ccccc5c32)-c2ccccc2C4)cc1. The van der Waals surface area contributed by atoms with Gasteiger partial charge in [-0.25, -0.2) is 0 Å². The summed E-state index contributed by atoms with van der Waals surface area (Å²) in [5.41, 5.74) is 9.40. The minimum Gasteiger partial charge on any atom is -0.309 e. The first-order chi connectivity index (χ1) is 16.9.